The van der Waals surface area contributed by atoms with Gasteiger partial charge >= 0.3 is 0 Å². The molecule has 5 nitrogen and oxygen atoms in total. The number of rotatable bonds is 4. The molecule has 0 saturated carbocycles. The Morgan fingerprint density at radius 2 is 2.17 bits per heavy atom. The molecule has 3 rings (SSSR count). The predicted octanol–water partition coefficient (Wildman–Crippen LogP) is 2.93. The highest BCUT2D eigenvalue weighted by Crippen LogP contribution is 2.28. The quantitative estimate of drug-likeness (QED) is 0.872. The van der Waals surface area contributed by atoms with Crippen molar-refractivity contribution in [2.24, 2.45) is 5.73 Å². The van der Waals surface area contributed by atoms with E-state index in [0.29, 0.717) is 12.2 Å². The first-order valence-electron chi connectivity index (χ1n) is 8.37. The van der Waals surface area contributed by atoms with Gasteiger partial charge in [0.2, 0.25) is 0 Å². The Balaban J connectivity index is 2.07. The molecule has 1 unspecified atom stereocenters. The Labute approximate surface area is 151 Å². The van der Waals surface area contributed by atoms with E-state index in [9.17, 15) is 4.79 Å². The van der Waals surface area contributed by atoms with Gasteiger partial charge in [-0.25, -0.2) is 4.68 Å². The number of carbonyl (C=O) groups excluding carboxylic acids is 1. The molecule has 0 spiro atoms. The molecule has 0 radical (unpaired) electrons. The molecule has 1 atom stereocenters. The molecule has 128 valence electrons. The van der Waals surface area contributed by atoms with Crippen molar-refractivity contribution < 1.29 is 4.79 Å². The number of benzene rings is 1. The Kier molecular flexibility index (Phi) is 5.06. The van der Waals surface area contributed by atoms with Crippen molar-refractivity contribution in [2.75, 3.05) is 13.6 Å². The van der Waals surface area contributed by atoms with Crippen LogP contribution in [-0.4, -0.2) is 40.2 Å². The van der Waals surface area contributed by atoms with E-state index < -0.39 is 0 Å². The van der Waals surface area contributed by atoms with Crippen LogP contribution in [0.1, 0.15) is 41.5 Å². The van der Waals surface area contributed by atoms with E-state index in [4.69, 9.17) is 10.8 Å². The summed E-state index contributed by atoms with van der Waals surface area (Å²) in [6.45, 7) is 2.40. The van der Waals surface area contributed by atoms with Gasteiger partial charge < -0.3 is 10.6 Å². The summed E-state index contributed by atoms with van der Waals surface area (Å²) < 4.78 is 2.94. The minimum Gasteiger partial charge on any atom is -0.336 e. The molecule has 2 aromatic rings. The highest BCUT2D eigenvalue weighted by atomic mass is 79.9. The van der Waals surface area contributed by atoms with E-state index in [2.05, 4.69) is 15.9 Å². The maximum absolute atomic E-state index is 12.9. The van der Waals surface area contributed by atoms with Crippen LogP contribution in [0.25, 0.3) is 5.69 Å². The molecule has 6 heteroatoms. The zero-order chi connectivity index (χ0) is 17.3. The van der Waals surface area contributed by atoms with Crippen molar-refractivity contribution in [2.45, 2.75) is 38.6 Å². The van der Waals surface area contributed by atoms with Crippen LogP contribution in [0.3, 0.4) is 0 Å². The van der Waals surface area contributed by atoms with Gasteiger partial charge in [-0.1, -0.05) is 22.0 Å². The average molecular weight is 391 g/mol. The van der Waals surface area contributed by atoms with Gasteiger partial charge in [-0.15, -0.1) is 0 Å². The van der Waals surface area contributed by atoms with Crippen LogP contribution < -0.4 is 5.73 Å². The second-order valence-corrected chi connectivity index (χ2v) is 7.29. The Morgan fingerprint density at radius 1 is 1.42 bits per heavy atom. The monoisotopic (exact) mass is 390 g/mol. The van der Waals surface area contributed by atoms with Crippen molar-refractivity contribution in [3.63, 3.8) is 0 Å². The fraction of sp³-hybridized carbons (Fsp3) is 0.444. The van der Waals surface area contributed by atoms with E-state index in [1.165, 1.54) is 0 Å². The van der Waals surface area contributed by atoms with Gasteiger partial charge in [0.15, 0.2) is 5.69 Å². The summed E-state index contributed by atoms with van der Waals surface area (Å²) >= 11 is 3.51. The predicted molar refractivity (Wildman–Crippen MR) is 98.5 cm³/mol. The van der Waals surface area contributed by atoms with Crippen molar-refractivity contribution in [3.8, 4) is 5.69 Å². The van der Waals surface area contributed by atoms with Crippen LogP contribution in [0, 0.1) is 0 Å². The number of halogens is 1. The number of amides is 1. The summed E-state index contributed by atoms with van der Waals surface area (Å²) in [5, 5.41) is 4.70. The van der Waals surface area contributed by atoms with Crippen LogP contribution in [0.5, 0.6) is 0 Å². The van der Waals surface area contributed by atoms with Gasteiger partial charge in [0.1, 0.15) is 0 Å². The lowest BCUT2D eigenvalue weighted by Gasteiger charge is -2.23. The summed E-state index contributed by atoms with van der Waals surface area (Å²) in [5.74, 6) is -0.0418. The number of likely N-dealkylation sites (N-methyl/N-ethyl adjacent to an activating group) is 1. The first-order chi connectivity index (χ1) is 11.5. The molecular weight excluding hydrogens is 368 g/mol. The molecule has 1 aromatic carbocycles. The number of fused-ring (bicyclic) bond motifs is 1. The van der Waals surface area contributed by atoms with Crippen LogP contribution in [0.2, 0.25) is 0 Å². The highest BCUT2D eigenvalue weighted by Gasteiger charge is 2.28. The topological polar surface area (TPSA) is 64.2 Å². The number of nitrogens with two attached hydrogens (primary N) is 1. The van der Waals surface area contributed by atoms with E-state index in [0.717, 1.165) is 47.1 Å². The largest absolute Gasteiger partial charge is 0.336 e. The lowest BCUT2D eigenvalue weighted by atomic mass is 9.95. The van der Waals surface area contributed by atoms with Gasteiger partial charge in [0.25, 0.3) is 5.91 Å². The molecule has 1 amide bonds. The van der Waals surface area contributed by atoms with Crippen molar-refractivity contribution in [1.82, 2.24) is 14.7 Å². The molecule has 0 bridgehead atoms. The highest BCUT2D eigenvalue weighted by molar-refractivity contribution is 9.10. The number of aromatic nitrogens is 2. The van der Waals surface area contributed by atoms with Crippen LogP contribution >= 0.6 is 15.9 Å². The maximum Gasteiger partial charge on any atom is 0.274 e. The van der Waals surface area contributed by atoms with Crippen molar-refractivity contribution >= 4 is 21.8 Å². The normalized spacial score (nSPS) is 15.0. The number of hydrogen-bond acceptors (Lipinski definition) is 3. The maximum atomic E-state index is 12.9. The second-order valence-electron chi connectivity index (χ2n) is 6.37. The summed E-state index contributed by atoms with van der Waals surface area (Å²) in [4.78, 5) is 14.6. The van der Waals surface area contributed by atoms with Crippen molar-refractivity contribution in [3.05, 3.63) is 45.7 Å². The molecule has 1 aliphatic rings. The summed E-state index contributed by atoms with van der Waals surface area (Å²) in [7, 11) is 1.80. The van der Waals surface area contributed by atoms with E-state index in [1.54, 1.807) is 11.9 Å². The third-order valence-electron chi connectivity index (χ3n) is 4.76. The molecular formula is C18H23BrN4O. The summed E-state index contributed by atoms with van der Waals surface area (Å²) in [6.07, 6.45) is 4.11. The Morgan fingerprint density at radius 3 is 2.88 bits per heavy atom. The fourth-order valence-corrected chi connectivity index (χ4v) is 3.50. The van der Waals surface area contributed by atoms with Gasteiger partial charge in [-0.05, 0) is 50.8 Å². The number of hydrogen-bond donors (Lipinski definition) is 1. The zero-order valence-electron chi connectivity index (χ0n) is 14.1. The Hall–Kier alpha value is -1.66. The molecule has 1 aromatic heterocycles. The first kappa shape index (κ1) is 17.2. The fourth-order valence-electron chi connectivity index (χ4n) is 3.12. The molecule has 0 fully saturated rings. The third kappa shape index (κ3) is 3.13. The lowest BCUT2D eigenvalue weighted by Crippen LogP contribution is -2.40. The first-order valence-corrected chi connectivity index (χ1v) is 9.16. The molecule has 0 aliphatic heterocycles. The summed E-state index contributed by atoms with van der Waals surface area (Å²) in [5.41, 5.74) is 9.54. The van der Waals surface area contributed by atoms with Gasteiger partial charge in [-0.2, -0.15) is 5.10 Å². The molecule has 1 heterocycles. The van der Waals surface area contributed by atoms with Gasteiger partial charge in [0.05, 0.1) is 5.69 Å². The molecule has 1 aliphatic carbocycles. The number of nitrogens with zero attached hydrogens (tertiary/aromatic N) is 3. The van der Waals surface area contributed by atoms with Gasteiger partial charge in [0, 0.05) is 35.4 Å². The summed E-state index contributed by atoms with van der Waals surface area (Å²) in [6, 6.07) is 8.02. The lowest BCUT2D eigenvalue weighted by molar-refractivity contribution is 0.0741. The van der Waals surface area contributed by atoms with E-state index in [1.807, 2.05) is 35.9 Å². The average Bonchev–Trinajstić information content (AvgIpc) is 2.99. The van der Waals surface area contributed by atoms with Crippen LogP contribution in [0.15, 0.2) is 28.7 Å². The number of carbonyl (C=O) groups is 1. The minimum atomic E-state index is -0.0418. The zero-order valence-corrected chi connectivity index (χ0v) is 15.7. The van der Waals surface area contributed by atoms with Gasteiger partial charge in [-0.3, -0.25) is 4.79 Å². The van der Waals surface area contributed by atoms with Crippen LogP contribution in [0.4, 0.5) is 0 Å². The molecule has 2 N–H and O–H groups in total. The standard InChI is InChI=1S/C18H23BrN4O/c1-12(11-20)22(2)18(24)17-15-8-3-4-9-16(15)23(21-17)14-7-5-6-13(19)10-14/h5-7,10,12H,3-4,8-9,11,20H2,1-2H3. The SMILES string of the molecule is CC(CN)N(C)C(=O)c1nn(-c2cccc(Br)c2)c2c1CCCC2. The second kappa shape index (κ2) is 7.07. The van der Waals surface area contributed by atoms with E-state index >= 15 is 0 Å². The third-order valence-corrected chi connectivity index (χ3v) is 5.25. The van der Waals surface area contributed by atoms with E-state index in [-0.39, 0.29) is 11.9 Å². The molecule has 24 heavy (non-hydrogen) atoms. The molecule has 0 saturated heterocycles. The van der Waals surface area contributed by atoms with Crippen LogP contribution in [-0.2, 0) is 12.8 Å². The van der Waals surface area contributed by atoms with Crippen molar-refractivity contribution in [1.29, 1.82) is 0 Å². The smallest absolute Gasteiger partial charge is 0.274 e. The minimum absolute atomic E-state index is 0.00670. The Bertz CT molecular complexity index is 755.